The number of carbonyl (C=O) groups excluding carboxylic acids is 1. The third kappa shape index (κ3) is 4.26. The maximum Gasteiger partial charge on any atom is 0.257 e. The molecule has 0 saturated heterocycles. The van der Waals surface area contributed by atoms with Crippen LogP contribution in [0.25, 0.3) is 0 Å². The van der Waals surface area contributed by atoms with Crippen molar-refractivity contribution in [3.05, 3.63) is 78.1 Å². The van der Waals surface area contributed by atoms with Crippen molar-refractivity contribution in [3.8, 4) is 5.75 Å². The van der Waals surface area contributed by atoms with E-state index in [4.69, 9.17) is 4.74 Å². The summed E-state index contributed by atoms with van der Waals surface area (Å²) in [5.74, 6) is 0.398. The van der Waals surface area contributed by atoms with Gasteiger partial charge in [0.25, 0.3) is 5.91 Å². The lowest BCUT2D eigenvalue weighted by Gasteiger charge is -2.23. The molecule has 138 valence electrons. The van der Waals surface area contributed by atoms with E-state index in [1.165, 1.54) is 0 Å². The Bertz CT molecular complexity index is 926. The maximum atomic E-state index is 12.8. The quantitative estimate of drug-likeness (QED) is 0.685. The average molecular weight is 361 g/mol. The van der Waals surface area contributed by atoms with Gasteiger partial charge in [-0.1, -0.05) is 24.3 Å². The molecule has 0 unspecified atom stereocenters. The molecule has 1 heterocycles. The molecule has 3 aromatic rings. The summed E-state index contributed by atoms with van der Waals surface area (Å²) < 4.78 is 5.34. The lowest BCUT2D eigenvalue weighted by molar-refractivity contribution is 0.102. The minimum atomic E-state index is -0.225. The first-order chi connectivity index (χ1) is 13.1. The second kappa shape index (κ2) is 8.36. The Morgan fingerprint density at radius 1 is 1.07 bits per heavy atom. The number of anilines is 3. The molecule has 0 saturated carbocycles. The van der Waals surface area contributed by atoms with Gasteiger partial charge in [0.1, 0.15) is 5.75 Å². The van der Waals surface area contributed by atoms with E-state index in [-0.39, 0.29) is 5.91 Å². The van der Waals surface area contributed by atoms with Crippen molar-refractivity contribution in [3.63, 3.8) is 0 Å². The standard InChI is InChI=1S/C22H23N3O2/c1-4-25(18-8-6-5-7-9-18)19-13-17(14-23-15-19)22(26)24-20-12-16(2)10-11-21(20)27-3/h5-15H,4H2,1-3H3,(H,24,26). The number of hydrogen-bond acceptors (Lipinski definition) is 4. The number of aromatic nitrogens is 1. The van der Waals surface area contributed by atoms with Gasteiger partial charge in [-0.15, -0.1) is 0 Å². The second-order valence-electron chi connectivity index (χ2n) is 6.17. The molecule has 1 N–H and O–H groups in total. The van der Waals surface area contributed by atoms with E-state index in [1.54, 1.807) is 19.5 Å². The molecule has 2 aromatic carbocycles. The highest BCUT2D eigenvalue weighted by atomic mass is 16.5. The molecule has 0 fully saturated rings. The number of aryl methyl sites for hydroxylation is 1. The molecule has 0 aliphatic rings. The third-order valence-corrected chi connectivity index (χ3v) is 4.28. The number of pyridine rings is 1. The van der Waals surface area contributed by atoms with Gasteiger partial charge in [-0.3, -0.25) is 9.78 Å². The lowest BCUT2D eigenvalue weighted by atomic mass is 10.2. The second-order valence-corrected chi connectivity index (χ2v) is 6.17. The van der Waals surface area contributed by atoms with Crippen LogP contribution in [0, 0.1) is 6.92 Å². The van der Waals surface area contributed by atoms with Gasteiger partial charge in [-0.2, -0.15) is 0 Å². The fourth-order valence-corrected chi connectivity index (χ4v) is 2.94. The van der Waals surface area contributed by atoms with Crippen LogP contribution in [0.2, 0.25) is 0 Å². The number of hydrogen-bond donors (Lipinski definition) is 1. The lowest BCUT2D eigenvalue weighted by Crippen LogP contribution is -2.18. The fraction of sp³-hybridized carbons (Fsp3) is 0.182. The summed E-state index contributed by atoms with van der Waals surface area (Å²) in [5.41, 5.74) is 4.10. The predicted octanol–water partition coefficient (Wildman–Crippen LogP) is 4.81. The highest BCUT2D eigenvalue weighted by molar-refractivity contribution is 6.05. The van der Waals surface area contributed by atoms with Crippen LogP contribution in [0.3, 0.4) is 0 Å². The van der Waals surface area contributed by atoms with E-state index in [1.807, 2.05) is 61.5 Å². The first-order valence-electron chi connectivity index (χ1n) is 8.86. The number of benzene rings is 2. The SMILES string of the molecule is CCN(c1ccccc1)c1cncc(C(=O)Nc2cc(C)ccc2OC)c1. The van der Waals surface area contributed by atoms with Crippen LogP contribution in [0.5, 0.6) is 5.75 Å². The van der Waals surface area contributed by atoms with Crippen molar-refractivity contribution in [2.45, 2.75) is 13.8 Å². The molecule has 5 nitrogen and oxygen atoms in total. The highest BCUT2D eigenvalue weighted by Crippen LogP contribution is 2.27. The van der Waals surface area contributed by atoms with Crippen LogP contribution in [0.4, 0.5) is 17.1 Å². The Labute approximate surface area is 159 Å². The Morgan fingerprint density at radius 3 is 2.56 bits per heavy atom. The molecule has 3 rings (SSSR count). The smallest absolute Gasteiger partial charge is 0.257 e. The van der Waals surface area contributed by atoms with Crippen LogP contribution in [-0.4, -0.2) is 24.5 Å². The molecule has 0 bridgehead atoms. The van der Waals surface area contributed by atoms with Gasteiger partial charge in [0, 0.05) is 18.4 Å². The summed E-state index contributed by atoms with van der Waals surface area (Å²) >= 11 is 0. The summed E-state index contributed by atoms with van der Waals surface area (Å²) in [6.45, 7) is 4.80. The number of nitrogens with zero attached hydrogens (tertiary/aromatic N) is 2. The molecule has 1 aromatic heterocycles. The van der Waals surface area contributed by atoms with Crippen LogP contribution in [0.1, 0.15) is 22.8 Å². The van der Waals surface area contributed by atoms with Crippen molar-refractivity contribution in [1.29, 1.82) is 0 Å². The number of ether oxygens (including phenoxy) is 1. The van der Waals surface area contributed by atoms with Crippen LogP contribution < -0.4 is 15.0 Å². The highest BCUT2D eigenvalue weighted by Gasteiger charge is 2.14. The molecule has 0 aliphatic carbocycles. The number of para-hydroxylation sites is 1. The van der Waals surface area contributed by atoms with E-state index in [2.05, 4.69) is 22.1 Å². The molecule has 0 atom stereocenters. The summed E-state index contributed by atoms with van der Waals surface area (Å²) in [4.78, 5) is 19.1. The summed E-state index contributed by atoms with van der Waals surface area (Å²) in [5, 5.41) is 2.92. The Hall–Kier alpha value is -3.34. The molecular formula is C22H23N3O2. The van der Waals surface area contributed by atoms with Crippen LogP contribution in [0.15, 0.2) is 67.0 Å². The molecule has 0 radical (unpaired) electrons. The predicted molar refractivity (Wildman–Crippen MR) is 109 cm³/mol. The zero-order valence-corrected chi connectivity index (χ0v) is 15.8. The van der Waals surface area contributed by atoms with Gasteiger partial charge in [-0.25, -0.2) is 0 Å². The molecular weight excluding hydrogens is 338 g/mol. The van der Waals surface area contributed by atoms with Gasteiger partial charge in [0.2, 0.25) is 0 Å². The molecule has 0 aliphatic heterocycles. The van der Waals surface area contributed by atoms with Gasteiger partial charge in [0.05, 0.1) is 30.2 Å². The van der Waals surface area contributed by atoms with Crippen molar-refractivity contribution < 1.29 is 9.53 Å². The topological polar surface area (TPSA) is 54.5 Å². The number of carbonyl (C=O) groups is 1. The minimum absolute atomic E-state index is 0.225. The van der Waals surface area contributed by atoms with E-state index in [0.29, 0.717) is 17.0 Å². The Balaban J connectivity index is 1.87. The average Bonchev–Trinajstić information content (AvgIpc) is 2.70. The van der Waals surface area contributed by atoms with Crippen molar-refractivity contribution in [2.24, 2.45) is 0 Å². The first kappa shape index (κ1) is 18.5. The molecule has 27 heavy (non-hydrogen) atoms. The van der Waals surface area contributed by atoms with E-state index in [9.17, 15) is 4.79 Å². The number of methoxy groups -OCH3 is 1. The van der Waals surface area contributed by atoms with Crippen LogP contribution in [-0.2, 0) is 0 Å². The number of amides is 1. The van der Waals surface area contributed by atoms with Gasteiger partial charge >= 0.3 is 0 Å². The molecule has 1 amide bonds. The van der Waals surface area contributed by atoms with Crippen molar-refractivity contribution >= 4 is 23.0 Å². The monoisotopic (exact) mass is 361 g/mol. The van der Waals surface area contributed by atoms with Crippen molar-refractivity contribution in [2.75, 3.05) is 23.9 Å². The fourth-order valence-electron chi connectivity index (χ4n) is 2.94. The Kier molecular flexibility index (Phi) is 5.71. The summed E-state index contributed by atoms with van der Waals surface area (Å²) in [6, 6.07) is 17.6. The normalized spacial score (nSPS) is 10.3. The Morgan fingerprint density at radius 2 is 1.85 bits per heavy atom. The zero-order valence-electron chi connectivity index (χ0n) is 15.8. The number of rotatable bonds is 6. The van der Waals surface area contributed by atoms with Gasteiger partial charge in [-0.05, 0) is 49.7 Å². The molecule has 0 spiro atoms. The van der Waals surface area contributed by atoms with Crippen LogP contribution >= 0.6 is 0 Å². The van der Waals surface area contributed by atoms with Gasteiger partial charge in [0.15, 0.2) is 0 Å². The summed E-state index contributed by atoms with van der Waals surface area (Å²) in [6.07, 6.45) is 3.33. The van der Waals surface area contributed by atoms with E-state index >= 15 is 0 Å². The largest absolute Gasteiger partial charge is 0.495 e. The maximum absolute atomic E-state index is 12.8. The minimum Gasteiger partial charge on any atom is -0.495 e. The van der Waals surface area contributed by atoms with E-state index in [0.717, 1.165) is 23.5 Å². The first-order valence-corrected chi connectivity index (χ1v) is 8.86. The third-order valence-electron chi connectivity index (χ3n) is 4.28. The summed E-state index contributed by atoms with van der Waals surface area (Å²) in [7, 11) is 1.58. The number of nitrogens with one attached hydrogen (secondary N) is 1. The molecule has 5 heteroatoms. The van der Waals surface area contributed by atoms with E-state index < -0.39 is 0 Å². The zero-order chi connectivity index (χ0) is 19.2. The van der Waals surface area contributed by atoms with Gasteiger partial charge < -0.3 is 15.0 Å². The van der Waals surface area contributed by atoms with Crippen molar-refractivity contribution in [1.82, 2.24) is 4.98 Å².